The van der Waals surface area contributed by atoms with Gasteiger partial charge in [0.1, 0.15) is 0 Å². The zero-order valence-corrected chi connectivity index (χ0v) is 15.8. The first-order valence-corrected chi connectivity index (χ1v) is 9.22. The summed E-state index contributed by atoms with van der Waals surface area (Å²) in [7, 11) is 1.28. The molecule has 1 aliphatic carbocycles. The number of benzene rings is 2. The quantitative estimate of drug-likeness (QED) is 0.712. The maximum Gasteiger partial charge on any atom is 0.434 e. The van der Waals surface area contributed by atoms with Crippen LogP contribution < -0.4 is 10.6 Å². The van der Waals surface area contributed by atoms with E-state index in [0.29, 0.717) is 23.0 Å². The summed E-state index contributed by atoms with van der Waals surface area (Å²) < 4.78 is 5.86. The number of anilines is 1. The van der Waals surface area contributed by atoms with Gasteiger partial charge in [-0.1, -0.05) is 24.3 Å². The van der Waals surface area contributed by atoms with Crippen molar-refractivity contribution in [3.8, 4) is 6.07 Å². The van der Waals surface area contributed by atoms with Crippen molar-refractivity contribution in [1.29, 1.82) is 5.26 Å². The van der Waals surface area contributed by atoms with Gasteiger partial charge in [-0.15, -0.1) is 0 Å². The Labute approximate surface area is 167 Å². The minimum Gasteiger partial charge on any atom is -0.451 e. The number of methoxy groups -OCH3 is 1. The second kappa shape index (κ2) is 7.64. The van der Waals surface area contributed by atoms with Crippen molar-refractivity contribution in [1.82, 2.24) is 15.1 Å². The molecule has 1 atom stereocenters. The first-order valence-electron chi connectivity index (χ1n) is 9.22. The second-order valence-electron chi connectivity index (χ2n) is 6.77. The summed E-state index contributed by atoms with van der Waals surface area (Å²) in [6, 6.07) is 12.8. The lowest BCUT2D eigenvalue weighted by Gasteiger charge is -2.16. The molecule has 1 heterocycles. The van der Waals surface area contributed by atoms with Crippen molar-refractivity contribution in [3.05, 3.63) is 59.3 Å². The molecule has 146 valence electrons. The van der Waals surface area contributed by atoms with Crippen LogP contribution in [0.15, 0.2) is 42.6 Å². The highest BCUT2D eigenvalue weighted by atomic mass is 16.5. The number of hydrogen-bond donors (Lipinski definition) is 2. The maximum absolute atomic E-state index is 12.6. The Morgan fingerprint density at radius 3 is 2.93 bits per heavy atom. The molecule has 4 rings (SSSR count). The molecule has 2 N–H and O–H groups in total. The molecule has 29 heavy (non-hydrogen) atoms. The molecule has 8 heteroatoms. The van der Waals surface area contributed by atoms with Crippen LogP contribution in [0, 0.1) is 11.3 Å². The lowest BCUT2D eigenvalue weighted by atomic mass is 10.0. The fraction of sp³-hybridized carbons (Fsp3) is 0.238. The molecule has 0 bridgehead atoms. The number of amides is 2. The molecule has 2 aromatic carbocycles. The average Bonchev–Trinajstić information content (AvgIpc) is 3.33. The highest BCUT2D eigenvalue weighted by Gasteiger charge is 2.26. The zero-order valence-electron chi connectivity index (χ0n) is 15.8. The van der Waals surface area contributed by atoms with Gasteiger partial charge in [0, 0.05) is 5.39 Å². The van der Waals surface area contributed by atoms with E-state index < -0.39 is 6.09 Å². The summed E-state index contributed by atoms with van der Waals surface area (Å²) in [5.41, 5.74) is 4.33. The van der Waals surface area contributed by atoms with Crippen molar-refractivity contribution >= 4 is 28.7 Å². The van der Waals surface area contributed by atoms with Gasteiger partial charge in [-0.05, 0) is 41.7 Å². The lowest BCUT2D eigenvalue weighted by Crippen LogP contribution is -2.31. The Morgan fingerprint density at radius 2 is 2.14 bits per heavy atom. The highest BCUT2D eigenvalue weighted by Crippen LogP contribution is 2.33. The monoisotopic (exact) mass is 389 g/mol. The summed E-state index contributed by atoms with van der Waals surface area (Å²) in [6.45, 7) is 0. The zero-order chi connectivity index (χ0) is 20.4. The standard InChI is InChI=1S/C21H19N5O3/c1-29-21(28)26-19-7-3-6-17(16(19)12-23-26)24-20(27)25-18-9-8-14-13(10-11-22)4-2-5-15(14)18/h2-7,12,18H,8-10H2,1H3,(H2,24,25,27). The van der Waals surface area contributed by atoms with Crippen molar-refractivity contribution in [2.45, 2.75) is 25.3 Å². The smallest absolute Gasteiger partial charge is 0.434 e. The van der Waals surface area contributed by atoms with Crippen LogP contribution in [-0.2, 0) is 17.6 Å². The number of hydrogen-bond acceptors (Lipinski definition) is 5. The third-order valence-electron chi connectivity index (χ3n) is 5.15. The predicted molar refractivity (Wildman–Crippen MR) is 107 cm³/mol. The van der Waals surface area contributed by atoms with Gasteiger partial charge in [0.2, 0.25) is 0 Å². The van der Waals surface area contributed by atoms with Gasteiger partial charge in [0.05, 0.1) is 43.0 Å². The average molecular weight is 389 g/mol. The number of nitriles is 1. The number of nitrogens with zero attached hydrogens (tertiary/aromatic N) is 3. The normalized spacial score (nSPS) is 14.8. The molecule has 8 nitrogen and oxygen atoms in total. The second-order valence-corrected chi connectivity index (χ2v) is 6.77. The molecule has 0 spiro atoms. The highest BCUT2D eigenvalue weighted by molar-refractivity contribution is 6.02. The number of fused-ring (bicyclic) bond motifs is 2. The van der Waals surface area contributed by atoms with E-state index in [0.717, 1.165) is 34.2 Å². The number of urea groups is 1. The van der Waals surface area contributed by atoms with Crippen molar-refractivity contribution in [2.75, 3.05) is 12.4 Å². The number of rotatable bonds is 3. The van der Waals surface area contributed by atoms with Gasteiger partial charge in [-0.25, -0.2) is 9.59 Å². The van der Waals surface area contributed by atoms with Crippen LogP contribution in [0.25, 0.3) is 10.9 Å². The molecular weight excluding hydrogens is 370 g/mol. The van der Waals surface area contributed by atoms with Crippen molar-refractivity contribution < 1.29 is 14.3 Å². The van der Waals surface area contributed by atoms with Crippen LogP contribution in [-0.4, -0.2) is 29.0 Å². The molecule has 1 unspecified atom stereocenters. The van der Waals surface area contributed by atoms with E-state index in [1.807, 2.05) is 18.2 Å². The molecule has 2 amide bonds. The van der Waals surface area contributed by atoms with Gasteiger partial charge in [-0.2, -0.15) is 15.0 Å². The van der Waals surface area contributed by atoms with Crippen molar-refractivity contribution in [3.63, 3.8) is 0 Å². The number of aromatic nitrogens is 2. The number of ether oxygens (including phenoxy) is 1. The van der Waals surface area contributed by atoms with Crippen LogP contribution in [0.4, 0.5) is 15.3 Å². The minimum absolute atomic E-state index is 0.111. The Balaban J connectivity index is 1.53. The van der Waals surface area contributed by atoms with E-state index in [1.165, 1.54) is 13.3 Å². The van der Waals surface area contributed by atoms with Crippen LogP contribution in [0.1, 0.15) is 29.2 Å². The van der Waals surface area contributed by atoms with Crippen LogP contribution in [0.5, 0.6) is 0 Å². The molecule has 1 aromatic heterocycles. The number of carbonyl (C=O) groups is 2. The topological polar surface area (TPSA) is 109 Å². The van der Waals surface area contributed by atoms with Gasteiger partial charge in [0.15, 0.2) is 0 Å². The molecule has 0 aliphatic heterocycles. The van der Waals surface area contributed by atoms with E-state index in [4.69, 9.17) is 10.00 Å². The summed E-state index contributed by atoms with van der Waals surface area (Å²) in [5.74, 6) is 0. The van der Waals surface area contributed by atoms with E-state index in [9.17, 15) is 9.59 Å². The van der Waals surface area contributed by atoms with E-state index in [1.54, 1.807) is 18.2 Å². The third kappa shape index (κ3) is 3.38. The fourth-order valence-corrected chi connectivity index (χ4v) is 3.84. The fourth-order valence-electron chi connectivity index (χ4n) is 3.84. The molecule has 3 aromatic rings. The van der Waals surface area contributed by atoms with Gasteiger partial charge >= 0.3 is 12.1 Å². The summed E-state index contributed by atoms with van der Waals surface area (Å²) in [5, 5.41) is 19.5. The van der Waals surface area contributed by atoms with Gasteiger partial charge in [0.25, 0.3) is 0 Å². The summed E-state index contributed by atoms with van der Waals surface area (Å²) >= 11 is 0. The van der Waals surface area contributed by atoms with Gasteiger partial charge in [-0.3, -0.25) is 0 Å². The Hall–Kier alpha value is -3.86. The summed E-state index contributed by atoms with van der Waals surface area (Å²) in [6.07, 6.45) is 2.90. The molecule has 0 fully saturated rings. The largest absolute Gasteiger partial charge is 0.451 e. The van der Waals surface area contributed by atoms with E-state index >= 15 is 0 Å². The number of carbonyl (C=O) groups excluding carboxylic acids is 2. The lowest BCUT2D eigenvalue weighted by molar-refractivity contribution is 0.170. The molecule has 0 radical (unpaired) electrons. The molecule has 0 saturated heterocycles. The van der Waals surface area contributed by atoms with Crippen molar-refractivity contribution in [2.24, 2.45) is 0 Å². The SMILES string of the molecule is COC(=O)n1ncc2c(NC(=O)NC3CCc4c(CC#N)cccc43)cccc21. The van der Waals surface area contributed by atoms with Crippen LogP contribution in [0.3, 0.4) is 0 Å². The van der Waals surface area contributed by atoms with Gasteiger partial charge < -0.3 is 15.4 Å². The Morgan fingerprint density at radius 1 is 1.31 bits per heavy atom. The first-order chi connectivity index (χ1) is 14.1. The maximum atomic E-state index is 12.6. The number of nitrogens with one attached hydrogen (secondary N) is 2. The third-order valence-corrected chi connectivity index (χ3v) is 5.15. The molecule has 1 aliphatic rings. The first kappa shape index (κ1) is 18.5. The summed E-state index contributed by atoms with van der Waals surface area (Å²) in [4.78, 5) is 24.4. The van der Waals surface area contributed by atoms with E-state index in [-0.39, 0.29) is 12.1 Å². The molecular formula is C21H19N5O3. The predicted octanol–water partition coefficient (Wildman–Crippen LogP) is 3.53. The van der Waals surface area contributed by atoms with Crippen LogP contribution in [0.2, 0.25) is 0 Å². The molecule has 0 saturated carbocycles. The Kier molecular flexibility index (Phi) is 4.87. The van der Waals surface area contributed by atoms with E-state index in [2.05, 4.69) is 21.8 Å². The minimum atomic E-state index is -0.600. The van der Waals surface area contributed by atoms with Crippen LogP contribution >= 0.6 is 0 Å². The Bertz CT molecular complexity index is 1140.